The molecule has 0 fully saturated rings. The van der Waals surface area contributed by atoms with Gasteiger partial charge in [-0.05, 0) is 35.9 Å². The average Bonchev–Trinajstić information content (AvgIpc) is 2.37. The maximum absolute atomic E-state index is 12.7. The zero-order valence-corrected chi connectivity index (χ0v) is 9.71. The molecule has 0 radical (unpaired) electrons. The van der Waals surface area contributed by atoms with Crippen molar-refractivity contribution in [3.63, 3.8) is 0 Å². The second-order valence-corrected chi connectivity index (χ2v) is 3.91. The van der Waals surface area contributed by atoms with E-state index in [1.807, 2.05) is 0 Å². The molecular weight excluding hydrogens is 260 g/mol. The highest BCUT2D eigenvalue weighted by Crippen LogP contribution is 2.27. The molecule has 1 N–H and O–H groups in total. The predicted octanol–water partition coefficient (Wildman–Crippen LogP) is 3.85. The normalized spacial score (nSPS) is 11.4. The molecule has 0 saturated carbocycles. The van der Waals surface area contributed by atoms with Crippen molar-refractivity contribution in [3.8, 4) is 0 Å². The molecule has 1 heterocycles. The van der Waals surface area contributed by atoms with Crippen LogP contribution in [0.15, 0.2) is 42.6 Å². The third-order valence-electron chi connectivity index (χ3n) is 2.46. The van der Waals surface area contributed by atoms with E-state index in [2.05, 4.69) is 10.3 Å². The molecule has 0 bridgehead atoms. The molecule has 100 valence electrons. The van der Waals surface area contributed by atoms with E-state index in [0.717, 1.165) is 6.07 Å². The number of rotatable bonds is 3. The van der Waals surface area contributed by atoms with Crippen LogP contribution >= 0.6 is 0 Å². The lowest BCUT2D eigenvalue weighted by molar-refractivity contribution is -0.141. The first kappa shape index (κ1) is 13.3. The van der Waals surface area contributed by atoms with Gasteiger partial charge in [0.05, 0.1) is 0 Å². The molecule has 0 amide bonds. The summed E-state index contributed by atoms with van der Waals surface area (Å²) in [5.74, 6) is -0.346. The first-order valence-corrected chi connectivity index (χ1v) is 5.47. The number of aromatic nitrogens is 1. The van der Waals surface area contributed by atoms with Crippen LogP contribution in [0.4, 0.5) is 23.2 Å². The molecule has 2 rings (SSSR count). The Morgan fingerprint density at radius 2 is 1.68 bits per heavy atom. The molecule has 6 heteroatoms. The highest BCUT2D eigenvalue weighted by molar-refractivity contribution is 5.43. The Bertz CT molecular complexity index is 532. The Morgan fingerprint density at radius 1 is 1.00 bits per heavy atom. The summed E-state index contributed by atoms with van der Waals surface area (Å²) in [7, 11) is 0. The maximum Gasteiger partial charge on any atom is 0.433 e. The number of anilines is 1. The molecule has 0 saturated heterocycles. The highest BCUT2D eigenvalue weighted by atomic mass is 19.4. The van der Waals surface area contributed by atoms with Crippen molar-refractivity contribution in [3.05, 3.63) is 59.7 Å². The van der Waals surface area contributed by atoms with Gasteiger partial charge in [0, 0.05) is 18.4 Å². The van der Waals surface area contributed by atoms with Crippen molar-refractivity contribution < 1.29 is 17.6 Å². The molecule has 2 nitrogen and oxygen atoms in total. The smallest absolute Gasteiger partial charge is 0.381 e. The summed E-state index contributed by atoms with van der Waals surface area (Å²) < 4.78 is 49.5. The minimum atomic E-state index is -4.43. The second-order valence-electron chi connectivity index (χ2n) is 3.91. The zero-order chi connectivity index (χ0) is 13.9. The number of nitrogens with zero attached hydrogens (tertiary/aromatic N) is 1. The number of alkyl halides is 3. The number of benzene rings is 1. The monoisotopic (exact) mass is 270 g/mol. The fourth-order valence-electron chi connectivity index (χ4n) is 1.47. The van der Waals surface area contributed by atoms with Crippen molar-refractivity contribution in [2.75, 3.05) is 5.32 Å². The summed E-state index contributed by atoms with van der Waals surface area (Å²) in [6, 6.07) is 7.98. The maximum atomic E-state index is 12.7. The van der Waals surface area contributed by atoms with E-state index in [9.17, 15) is 17.6 Å². The van der Waals surface area contributed by atoms with Crippen LogP contribution in [0, 0.1) is 5.82 Å². The molecule has 0 unspecified atom stereocenters. The third kappa shape index (κ3) is 3.67. The fourth-order valence-corrected chi connectivity index (χ4v) is 1.47. The van der Waals surface area contributed by atoms with E-state index < -0.39 is 11.9 Å². The van der Waals surface area contributed by atoms with Crippen LogP contribution in [0.25, 0.3) is 0 Å². The van der Waals surface area contributed by atoms with Gasteiger partial charge in [0.1, 0.15) is 11.5 Å². The summed E-state index contributed by atoms with van der Waals surface area (Å²) in [5, 5.41) is 2.96. The molecule has 0 aliphatic carbocycles. The lowest BCUT2D eigenvalue weighted by atomic mass is 10.2. The Kier molecular flexibility index (Phi) is 3.69. The van der Waals surface area contributed by atoms with E-state index in [4.69, 9.17) is 0 Å². The van der Waals surface area contributed by atoms with Crippen LogP contribution in [-0.2, 0) is 12.7 Å². The van der Waals surface area contributed by atoms with Crippen LogP contribution in [0.5, 0.6) is 0 Å². The summed E-state index contributed by atoms with van der Waals surface area (Å²) in [6.07, 6.45) is -3.26. The standard InChI is InChI=1S/C13H10F4N2/c14-10-2-4-11(5-3-10)18-7-9-1-6-12(19-8-9)13(15,16)17/h1-6,8,18H,7H2. The summed E-state index contributed by atoms with van der Waals surface area (Å²) in [5.41, 5.74) is 0.372. The topological polar surface area (TPSA) is 24.9 Å². The average molecular weight is 270 g/mol. The fraction of sp³-hybridized carbons (Fsp3) is 0.154. The van der Waals surface area contributed by atoms with Gasteiger partial charge in [-0.1, -0.05) is 6.07 Å². The molecular formula is C13H10F4N2. The molecule has 2 aromatic rings. The lowest BCUT2D eigenvalue weighted by Crippen LogP contribution is -2.08. The van der Waals surface area contributed by atoms with Crippen molar-refractivity contribution in [2.45, 2.75) is 12.7 Å². The van der Waals surface area contributed by atoms with Crippen LogP contribution in [0.2, 0.25) is 0 Å². The third-order valence-corrected chi connectivity index (χ3v) is 2.46. The first-order chi connectivity index (χ1) is 8.95. The molecule has 1 aromatic heterocycles. The van der Waals surface area contributed by atoms with Gasteiger partial charge in [0.25, 0.3) is 0 Å². The number of hydrogen-bond donors (Lipinski definition) is 1. The van der Waals surface area contributed by atoms with Gasteiger partial charge in [0.15, 0.2) is 0 Å². The first-order valence-electron chi connectivity index (χ1n) is 5.47. The predicted molar refractivity (Wildman–Crippen MR) is 63.0 cm³/mol. The van der Waals surface area contributed by atoms with Crippen molar-refractivity contribution >= 4 is 5.69 Å². The molecule has 0 atom stereocenters. The quantitative estimate of drug-likeness (QED) is 0.857. The zero-order valence-electron chi connectivity index (χ0n) is 9.71. The van der Waals surface area contributed by atoms with Gasteiger partial charge >= 0.3 is 6.18 Å². The Morgan fingerprint density at radius 3 is 2.21 bits per heavy atom. The Hall–Kier alpha value is -2.11. The van der Waals surface area contributed by atoms with E-state index in [-0.39, 0.29) is 5.82 Å². The SMILES string of the molecule is Fc1ccc(NCc2ccc(C(F)(F)F)nc2)cc1. The van der Waals surface area contributed by atoms with Crippen molar-refractivity contribution in [1.82, 2.24) is 4.98 Å². The Labute approximate surface area is 107 Å². The van der Waals surface area contributed by atoms with Gasteiger partial charge in [0.2, 0.25) is 0 Å². The summed E-state index contributed by atoms with van der Waals surface area (Å²) >= 11 is 0. The molecule has 0 aliphatic heterocycles. The van der Waals surface area contributed by atoms with Gasteiger partial charge in [-0.2, -0.15) is 13.2 Å². The molecule has 0 spiro atoms. The number of hydrogen-bond acceptors (Lipinski definition) is 2. The summed E-state index contributed by atoms with van der Waals surface area (Å²) in [4.78, 5) is 3.35. The van der Waals surface area contributed by atoms with E-state index in [1.165, 1.54) is 24.4 Å². The van der Waals surface area contributed by atoms with E-state index in [1.54, 1.807) is 12.1 Å². The van der Waals surface area contributed by atoms with Gasteiger partial charge in [-0.15, -0.1) is 0 Å². The summed E-state index contributed by atoms with van der Waals surface area (Å²) in [6.45, 7) is 0.316. The number of pyridine rings is 1. The van der Waals surface area contributed by atoms with Gasteiger partial charge in [-0.25, -0.2) is 4.39 Å². The number of halogens is 4. The van der Waals surface area contributed by atoms with Crippen LogP contribution in [-0.4, -0.2) is 4.98 Å². The molecule has 0 aliphatic rings. The van der Waals surface area contributed by atoms with Crippen molar-refractivity contribution in [2.24, 2.45) is 0 Å². The van der Waals surface area contributed by atoms with E-state index in [0.29, 0.717) is 17.8 Å². The minimum Gasteiger partial charge on any atom is -0.381 e. The van der Waals surface area contributed by atoms with E-state index >= 15 is 0 Å². The lowest BCUT2D eigenvalue weighted by Gasteiger charge is -2.08. The minimum absolute atomic E-state index is 0.316. The van der Waals surface area contributed by atoms with Crippen LogP contribution in [0.3, 0.4) is 0 Å². The molecule has 19 heavy (non-hydrogen) atoms. The largest absolute Gasteiger partial charge is 0.433 e. The highest BCUT2D eigenvalue weighted by Gasteiger charge is 2.31. The Balaban J connectivity index is 1.98. The van der Waals surface area contributed by atoms with Crippen LogP contribution in [0.1, 0.15) is 11.3 Å². The van der Waals surface area contributed by atoms with Crippen LogP contribution < -0.4 is 5.32 Å². The molecule has 1 aromatic carbocycles. The number of nitrogens with one attached hydrogen (secondary N) is 1. The van der Waals surface area contributed by atoms with Gasteiger partial charge in [-0.3, -0.25) is 4.98 Å². The van der Waals surface area contributed by atoms with Crippen molar-refractivity contribution in [1.29, 1.82) is 0 Å². The second kappa shape index (κ2) is 5.26. The van der Waals surface area contributed by atoms with Gasteiger partial charge < -0.3 is 5.32 Å².